The topological polar surface area (TPSA) is 78.4 Å². The number of amides is 1. The van der Waals surface area contributed by atoms with Gasteiger partial charge in [-0.2, -0.15) is 0 Å². The Labute approximate surface area is 120 Å². The summed E-state index contributed by atoms with van der Waals surface area (Å²) in [4.78, 5) is 22.5. The van der Waals surface area contributed by atoms with Crippen molar-refractivity contribution in [3.8, 4) is 0 Å². The molecule has 0 fully saturated rings. The molecule has 0 aliphatic rings. The van der Waals surface area contributed by atoms with Gasteiger partial charge in [0.2, 0.25) is 5.91 Å². The Morgan fingerprint density at radius 1 is 1.32 bits per heavy atom. The highest BCUT2D eigenvalue weighted by Gasteiger charge is 2.26. The predicted octanol–water partition coefficient (Wildman–Crippen LogP) is 2.38. The third kappa shape index (κ3) is 4.38. The van der Waals surface area contributed by atoms with E-state index in [0.717, 1.165) is 0 Å². The molecule has 19 heavy (non-hydrogen) atoms. The highest BCUT2D eigenvalue weighted by Crippen LogP contribution is 2.29. The molecule has 0 heterocycles. The molecule has 0 saturated carbocycles. The van der Waals surface area contributed by atoms with Gasteiger partial charge in [-0.25, -0.2) is 0 Å². The Balaban J connectivity index is 2.62. The third-order valence-corrected chi connectivity index (χ3v) is 3.27. The minimum Gasteiger partial charge on any atom is -0.480 e. The minimum absolute atomic E-state index is 0.151. The van der Waals surface area contributed by atoms with Crippen LogP contribution in [0.2, 0.25) is 10.0 Å². The van der Waals surface area contributed by atoms with Gasteiger partial charge in [0.15, 0.2) is 0 Å². The Morgan fingerprint density at radius 3 is 2.53 bits per heavy atom. The number of nitrogens with one attached hydrogen (secondary N) is 2. The van der Waals surface area contributed by atoms with E-state index in [4.69, 9.17) is 28.3 Å². The standard InChI is InChI=1S/C12H14Cl2N2O3/c1-12(2,11(18)19)15-6-9(17)16-8-5-3-4-7(13)10(8)14/h3-5,15H,6H2,1-2H3,(H,16,17)(H,18,19). The summed E-state index contributed by atoms with van der Waals surface area (Å²) in [6.07, 6.45) is 0. The number of hydrogen-bond donors (Lipinski definition) is 3. The summed E-state index contributed by atoms with van der Waals surface area (Å²) in [7, 11) is 0. The van der Waals surface area contributed by atoms with Crippen molar-refractivity contribution in [3.05, 3.63) is 28.2 Å². The molecule has 1 aromatic carbocycles. The number of halogens is 2. The maximum absolute atomic E-state index is 11.7. The number of carboxylic acid groups (broad SMARTS) is 1. The first-order valence-electron chi connectivity index (χ1n) is 5.46. The van der Waals surface area contributed by atoms with Crippen LogP contribution in [0, 0.1) is 0 Å². The van der Waals surface area contributed by atoms with Crippen LogP contribution in [0.4, 0.5) is 5.69 Å². The molecule has 0 atom stereocenters. The summed E-state index contributed by atoms with van der Waals surface area (Å²) < 4.78 is 0. The molecule has 0 aromatic heterocycles. The zero-order valence-corrected chi connectivity index (χ0v) is 12.0. The highest BCUT2D eigenvalue weighted by molar-refractivity contribution is 6.43. The van der Waals surface area contributed by atoms with Crippen molar-refractivity contribution < 1.29 is 14.7 Å². The van der Waals surface area contributed by atoms with Gasteiger partial charge in [-0.1, -0.05) is 29.3 Å². The fourth-order valence-corrected chi connectivity index (χ4v) is 1.52. The molecule has 0 unspecified atom stereocenters. The Bertz CT molecular complexity index is 504. The van der Waals surface area contributed by atoms with Crippen molar-refractivity contribution >= 4 is 40.8 Å². The highest BCUT2D eigenvalue weighted by atomic mass is 35.5. The van der Waals surface area contributed by atoms with E-state index in [0.29, 0.717) is 10.7 Å². The maximum Gasteiger partial charge on any atom is 0.323 e. The summed E-state index contributed by atoms with van der Waals surface area (Å²) in [5.74, 6) is -1.44. The fourth-order valence-electron chi connectivity index (χ4n) is 1.17. The van der Waals surface area contributed by atoms with Gasteiger partial charge in [0.05, 0.1) is 22.3 Å². The zero-order valence-electron chi connectivity index (χ0n) is 10.5. The van der Waals surface area contributed by atoms with E-state index in [1.807, 2.05) is 0 Å². The number of carbonyl (C=O) groups excluding carboxylic acids is 1. The molecule has 1 aromatic rings. The zero-order chi connectivity index (χ0) is 14.6. The Kier molecular flexibility index (Phi) is 5.17. The first-order chi connectivity index (χ1) is 8.74. The Hall–Kier alpha value is -1.30. The summed E-state index contributed by atoms with van der Waals surface area (Å²) in [5, 5.41) is 14.6. The van der Waals surface area contributed by atoms with Crippen LogP contribution < -0.4 is 10.6 Å². The van der Waals surface area contributed by atoms with Crippen molar-refractivity contribution in [1.29, 1.82) is 0 Å². The SMILES string of the molecule is CC(C)(NCC(=O)Nc1cccc(Cl)c1Cl)C(=O)O. The number of benzene rings is 1. The summed E-state index contributed by atoms with van der Waals surface area (Å²) >= 11 is 11.7. The molecular weight excluding hydrogens is 291 g/mol. The van der Waals surface area contributed by atoms with Crippen molar-refractivity contribution in [3.63, 3.8) is 0 Å². The van der Waals surface area contributed by atoms with Crippen LogP contribution in [0.5, 0.6) is 0 Å². The van der Waals surface area contributed by atoms with E-state index in [1.165, 1.54) is 13.8 Å². The van der Waals surface area contributed by atoms with Crippen LogP contribution in [0.25, 0.3) is 0 Å². The van der Waals surface area contributed by atoms with Crippen molar-refractivity contribution in [2.75, 3.05) is 11.9 Å². The van der Waals surface area contributed by atoms with Gasteiger partial charge in [-0.15, -0.1) is 0 Å². The lowest BCUT2D eigenvalue weighted by Gasteiger charge is -2.20. The third-order valence-electron chi connectivity index (χ3n) is 2.45. The predicted molar refractivity (Wildman–Crippen MR) is 74.8 cm³/mol. The van der Waals surface area contributed by atoms with Gasteiger partial charge in [0.25, 0.3) is 0 Å². The first-order valence-corrected chi connectivity index (χ1v) is 6.22. The molecule has 0 saturated heterocycles. The smallest absolute Gasteiger partial charge is 0.323 e. The van der Waals surface area contributed by atoms with E-state index >= 15 is 0 Å². The molecule has 0 aliphatic carbocycles. The van der Waals surface area contributed by atoms with Gasteiger partial charge in [0.1, 0.15) is 5.54 Å². The van der Waals surface area contributed by atoms with Gasteiger partial charge in [0, 0.05) is 0 Å². The normalized spacial score (nSPS) is 11.2. The average Bonchev–Trinajstić information content (AvgIpc) is 2.32. The summed E-state index contributed by atoms with van der Waals surface area (Å²) in [6, 6.07) is 4.86. The molecule has 3 N–H and O–H groups in total. The van der Waals surface area contributed by atoms with Crippen molar-refractivity contribution in [2.45, 2.75) is 19.4 Å². The van der Waals surface area contributed by atoms with E-state index in [9.17, 15) is 9.59 Å². The van der Waals surface area contributed by atoms with Crippen LogP contribution in [-0.2, 0) is 9.59 Å². The van der Waals surface area contributed by atoms with Crippen LogP contribution in [0.3, 0.4) is 0 Å². The fraction of sp³-hybridized carbons (Fsp3) is 0.333. The second-order valence-electron chi connectivity index (χ2n) is 4.43. The first kappa shape index (κ1) is 15.8. The second-order valence-corrected chi connectivity index (χ2v) is 5.22. The molecule has 0 spiro atoms. The van der Waals surface area contributed by atoms with E-state index in [1.54, 1.807) is 18.2 Å². The van der Waals surface area contributed by atoms with E-state index in [2.05, 4.69) is 10.6 Å². The average molecular weight is 305 g/mol. The van der Waals surface area contributed by atoms with Gasteiger partial charge in [-0.3, -0.25) is 14.9 Å². The number of hydrogen-bond acceptors (Lipinski definition) is 3. The lowest BCUT2D eigenvalue weighted by atomic mass is 10.1. The monoisotopic (exact) mass is 304 g/mol. The van der Waals surface area contributed by atoms with Gasteiger partial charge in [-0.05, 0) is 26.0 Å². The largest absolute Gasteiger partial charge is 0.480 e. The number of aliphatic carboxylic acids is 1. The molecule has 0 aliphatic heterocycles. The summed E-state index contributed by atoms with van der Waals surface area (Å²) in [5.41, 5.74) is -0.802. The van der Waals surface area contributed by atoms with Gasteiger partial charge >= 0.3 is 5.97 Å². The van der Waals surface area contributed by atoms with Crippen LogP contribution in [-0.4, -0.2) is 29.1 Å². The van der Waals surface area contributed by atoms with E-state index < -0.39 is 17.4 Å². The van der Waals surface area contributed by atoms with Crippen molar-refractivity contribution in [2.24, 2.45) is 0 Å². The van der Waals surface area contributed by atoms with Crippen LogP contribution >= 0.6 is 23.2 Å². The quantitative estimate of drug-likeness (QED) is 0.780. The number of anilines is 1. The summed E-state index contributed by atoms with van der Waals surface area (Å²) in [6.45, 7) is 2.78. The number of carbonyl (C=O) groups is 2. The molecule has 5 nitrogen and oxygen atoms in total. The molecular formula is C12H14Cl2N2O3. The molecule has 0 bridgehead atoms. The number of rotatable bonds is 5. The van der Waals surface area contributed by atoms with Crippen LogP contribution in [0.15, 0.2) is 18.2 Å². The molecule has 1 rings (SSSR count). The molecule has 1 amide bonds. The lowest BCUT2D eigenvalue weighted by molar-refractivity contribution is -0.143. The number of carboxylic acids is 1. The molecule has 7 heteroatoms. The van der Waals surface area contributed by atoms with Gasteiger partial charge < -0.3 is 10.4 Å². The van der Waals surface area contributed by atoms with Crippen molar-refractivity contribution in [1.82, 2.24) is 5.32 Å². The second kappa shape index (κ2) is 6.23. The maximum atomic E-state index is 11.7. The molecule has 104 valence electrons. The lowest BCUT2D eigenvalue weighted by Crippen LogP contribution is -2.49. The van der Waals surface area contributed by atoms with Crippen LogP contribution in [0.1, 0.15) is 13.8 Å². The van der Waals surface area contributed by atoms with E-state index in [-0.39, 0.29) is 11.6 Å². The minimum atomic E-state index is -1.19. The molecule has 0 radical (unpaired) electrons. The Morgan fingerprint density at radius 2 is 1.95 bits per heavy atom.